The summed E-state index contributed by atoms with van der Waals surface area (Å²) < 4.78 is 8.25. The van der Waals surface area contributed by atoms with Crippen LogP contribution in [0.3, 0.4) is 0 Å². The summed E-state index contributed by atoms with van der Waals surface area (Å²) in [5, 5.41) is 8.56. The fraction of sp³-hybridized carbons (Fsp3) is 0.400. The summed E-state index contributed by atoms with van der Waals surface area (Å²) in [5.74, 6) is 0.676. The molecule has 0 fully saturated rings. The number of rotatable bonds is 6. The predicted octanol–water partition coefficient (Wildman–Crippen LogP) is 4.50. The number of aromatic nitrogens is 2. The van der Waals surface area contributed by atoms with Crippen molar-refractivity contribution >= 4 is 33.2 Å². The Hall–Kier alpha value is -1.20. The number of aryl methyl sites for hydroxylation is 2. The minimum Gasteiger partial charge on any atom is -0.495 e. The maximum Gasteiger partial charge on any atom is 0.137 e. The van der Waals surface area contributed by atoms with E-state index in [4.69, 9.17) is 16.3 Å². The van der Waals surface area contributed by atoms with E-state index in [0.717, 1.165) is 34.5 Å². The second kappa shape index (κ2) is 7.18. The Balaban J connectivity index is 2.16. The Morgan fingerprint density at radius 1 is 1.38 bits per heavy atom. The molecule has 4 nitrogen and oxygen atoms in total. The lowest BCUT2D eigenvalue weighted by molar-refractivity contribution is 0.415. The van der Waals surface area contributed by atoms with Crippen LogP contribution >= 0.6 is 27.5 Å². The molecule has 6 heteroatoms. The number of anilines is 1. The van der Waals surface area contributed by atoms with E-state index in [2.05, 4.69) is 40.2 Å². The van der Waals surface area contributed by atoms with Crippen LogP contribution in [0.4, 0.5) is 5.69 Å². The molecule has 0 aliphatic rings. The quantitative estimate of drug-likeness (QED) is 0.811. The molecule has 1 aromatic heterocycles. The molecule has 0 saturated heterocycles. The van der Waals surface area contributed by atoms with Crippen molar-refractivity contribution in [2.24, 2.45) is 0 Å². The van der Waals surface area contributed by atoms with Gasteiger partial charge in [-0.25, -0.2) is 0 Å². The average molecular weight is 373 g/mol. The Bertz CT molecular complexity index is 628. The minimum atomic E-state index is 0.597. The first kappa shape index (κ1) is 16.2. The monoisotopic (exact) mass is 371 g/mol. The minimum absolute atomic E-state index is 0.597. The third-order valence-corrected chi connectivity index (χ3v) is 4.52. The Morgan fingerprint density at radius 2 is 2.14 bits per heavy atom. The normalized spacial score (nSPS) is 10.7. The molecule has 0 amide bonds. The van der Waals surface area contributed by atoms with Gasteiger partial charge in [0.25, 0.3) is 0 Å². The van der Waals surface area contributed by atoms with Crippen molar-refractivity contribution in [3.8, 4) is 5.75 Å². The SMILES string of the molecule is CCc1nn(CC)c(CNc2ccc(OC)c(Cl)c2)c1Br. The van der Waals surface area contributed by atoms with Crippen LogP contribution in [0.1, 0.15) is 25.2 Å². The molecule has 1 heterocycles. The van der Waals surface area contributed by atoms with Crippen LogP contribution in [0, 0.1) is 0 Å². The molecule has 0 atom stereocenters. The summed E-state index contributed by atoms with van der Waals surface area (Å²) >= 11 is 9.78. The summed E-state index contributed by atoms with van der Waals surface area (Å²) in [6.07, 6.45) is 0.912. The molecule has 0 radical (unpaired) electrons. The predicted molar refractivity (Wildman–Crippen MR) is 90.3 cm³/mol. The summed E-state index contributed by atoms with van der Waals surface area (Å²) in [4.78, 5) is 0. The Kier molecular flexibility index (Phi) is 5.53. The fourth-order valence-corrected chi connectivity index (χ4v) is 3.11. The van der Waals surface area contributed by atoms with Crippen LogP contribution in [-0.4, -0.2) is 16.9 Å². The maximum atomic E-state index is 6.14. The first-order valence-corrected chi connectivity index (χ1v) is 8.09. The van der Waals surface area contributed by atoms with E-state index >= 15 is 0 Å². The number of nitrogens with zero attached hydrogens (tertiary/aromatic N) is 2. The van der Waals surface area contributed by atoms with Crippen LogP contribution in [0.15, 0.2) is 22.7 Å². The van der Waals surface area contributed by atoms with Crippen LogP contribution in [0.2, 0.25) is 5.02 Å². The molecule has 0 aliphatic carbocycles. The Morgan fingerprint density at radius 3 is 2.71 bits per heavy atom. The highest BCUT2D eigenvalue weighted by Gasteiger charge is 2.13. The zero-order valence-electron chi connectivity index (χ0n) is 12.4. The van der Waals surface area contributed by atoms with Crippen molar-refractivity contribution in [1.82, 2.24) is 9.78 Å². The number of ether oxygens (including phenoxy) is 1. The number of benzene rings is 1. The lowest BCUT2D eigenvalue weighted by atomic mass is 10.2. The van der Waals surface area contributed by atoms with E-state index in [0.29, 0.717) is 17.3 Å². The van der Waals surface area contributed by atoms with E-state index in [1.54, 1.807) is 7.11 Å². The highest BCUT2D eigenvalue weighted by atomic mass is 79.9. The first-order valence-electron chi connectivity index (χ1n) is 6.92. The van der Waals surface area contributed by atoms with Crippen molar-refractivity contribution in [3.63, 3.8) is 0 Å². The van der Waals surface area contributed by atoms with Crippen LogP contribution in [0.5, 0.6) is 5.75 Å². The molecule has 1 N–H and O–H groups in total. The lowest BCUT2D eigenvalue weighted by Crippen LogP contribution is -2.08. The summed E-state index contributed by atoms with van der Waals surface area (Å²) in [6.45, 7) is 5.73. The van der Waals surface area contributed by atoms with Gasteiger partial charge < -0.3 is 10.1 Å². The topological polar surface area (TPSA) is 39.1 Å². The molecule has 2 aromatic rings. The van der Waals surface area contributed by atoms with Gasteiger partial charge in [0.15, 0.2) is 0 Å². The molecule has 21 heavy (non-hydrogen) atoms. The van der Waals surface area contributed by atoms with Crippen molar-refractivity contribution in [1.29, 1.82) is 0 Å². The van der Waals surface area contributed by atoms with E-state index in [1.807, 2.05) is 22.9 Å². The van der Waals surface area contributed by atoms with Gasteiger partial charge in [0.05, 0.1) is 34.5 Å². The molecule has 0 unspecified atom stereocenters. The number of nitrogens with one attached hydrogen (secondary N) is 1. The van der Waals surface area contributed by atoms with Crippen molar-refractivity contribution in [2.75, 3.05) is 12.4 Å². The van der Waals surface area contributed by atoms with Crippen LogP contribution in [0.25, 0.3) is 0 Å². The van der Waals surface area contributed by atoms with Gasteiger partial charge in [-0.1, -0.05) is 18.5 Å². The average Bonchev–Trinajstić information content (AvgIpc) is 2.80. The molecule has 0 aliphatic heterocycles. The summed E-state index contributed by atoms with van der Waals surface area (Å²) in [7, 11) is 1.61. The smallest absolute Gasteiger partial charge is 0.137 e. The molecule has 2 rings (SSSR count). The molecule has 0 spiro atoms. The fourth-order valence-electron chi connectivity index (χ4n) is 2.15. The van der Waals surface area contributed by atoms with Gasteiger partial charge >= 0.3 is 0 Å². The molecular weight excluding hydrogens is 354 g/mol. The largest absolute Gasteiger partial charge is 0.495 e. The summed E-state index contributed by atoms with van der Waals surface area (Å²) in [6, 6.07) is 5.67. The maximum absolute atomic E-state index is 6.14. The zero-order chi connectivity index (χ0) is 15.4. The van der Waals surface area contributed by atoms with Gasteiger partial charge in [-0.15, -0.1) is 0 Å². The zero-order valence-corrected chi connectivity index (χ0v) is 14.8. The first-order chi connectivity index (χ1) is 10.1. The molecule has 114 valence electrons. The van der Waals surface area contributed by atoms with Gasteiger partial charge in [-0.05, 0) is 47.5 Å². The van der Waals surface area contributed by atoms with Gasteiger partial charge in [0, 0.05) is 12.2 Å². The van der Waals surface area contributed by atoms with Gasteiger partial charge in [-0.2, -0.15) is 5.10 Å². The number of methoxy groups -OCH3 is 1. The van der Waals surface area contributed by atoms with Crippen LogP contribution in [-0.2, 0) is 19.5 Å². The molecular formula is C15H19BrClN3O. The Labute approximate surface area is 138 Å². The molecule has 0 bridgehead atoms. The number of halogens is 2. The lowest BCUT2D eigenvalue weighted by Gasteiger charge is -2.10. The van der Waals surface area contributed by atoms with Crippen LogP contribution < -0.4 is 10.1 Å². The van der Waals surface area contributed by atoms with Crippen molar-refractivity contribution in [3.05, 3.63) is 39.1 Å². The van der Waals surface area contributed by atoms with Gasteiger partial charge in [0.1, 0.15) is 5.75 Å². The summed E-state index contributed by atoms with van der Waals surface area (Å²) in [5.41, 5.74) is 3.18. The molecule has 0 saturated carbocycles. The van der Waals surface area contributed by atoms with E-state index in [9.17, 15) is 0 Å². The third kappa shape index (κ3) is 3.52. The standard InChI is InChI=1S/C15H19BrClN3O/c1-4-12-15(16)13(20(5-2)19-12)9-18-10-6-7-14(21-3)11(17)8-10/h6-8,18H,4-5,9H2,1-3H3. The second-order valence-corrected chi connectivity index (χ2v) is 5.78. The highest BCUT2D eigenvalue weighted by Crippen LogP contribution is 2.28. The van der Waals surface area contributed by atoms with Gasteiger partial charge in [0.2, 0.25) is 0 Å². The van der Waals surface area contributed by atoms with Crippen molar-refractivity contribution in [2.45, 2.75) is 33.4 Å². The number of hydrogen-bond donors (Lipinski definition) is 1. The van der Waals surface area contributed by atoms with E-state index in [1.165, 1.54) is 0 Å². The van der Waals surface area contributed by atoms with E-state index < -0.39 is 0 Å². The van der Waals surface area contributed by atoms with E-state index in [-0.39, 0.29) is 0 Å². The van der Waals surface area contributed by atoms with Crippen molar-refractivity contribution < 1.29 is 4.74 Å². The van der Waals surface area contributed by atoms with Gasteiger partial charge in [-0.3, -0.25) is 4.68 Å². The second-order valence-electron chi connectivity index (χ2n) is 4.58. The third-order valence-electron chi connectivity index (χ3n) is 3.31. The highest BCUT2D eigenvalue weighted by molar-refractivity contribution is 9.10. The molecule has 1 aromatic carbocycles. The number of hydrogen-bond acceptors (Lipinski definition) is 3.